The molecule has 0 unspecified atom stereocenters. The average molecular weight is 527 g/mol. The zero-order valence-electron chi connectivity index (χ0n) is 17.8. The highest BCUT2D eigenvalue weighted by Gasteiger charge is 2.65. The molecule has 10 nitrogen and oxygen atoms in total. The molecule has 4 heterocycles. The Morgan fingerprint density at radius 1 is 1.23 bits per heavy atom. The molecule has 1 aliphatic rings. The SMILES string of the molecule is CCO[C@@]1(C(F)(F)F)C[C@H](C(=O)Nc2cnc(-n3nccn3)c(Cl)c2)c2cnc3cc(Cl)nn3c21. The van der Waals surface area contributed by atoms with Gasteiger partial charge in [-0.2, -0.15) is 28.5 Å². The van der Waals surface area contributed by atoms with E-state index < -0.39 is 30.0 Å². The molecule has 0 bridgehead atoms. The first kappa shape index (κ1) is 23.5. The first-order valence-corrected chi connectivity index (χ1v) is 11.0. The quantitative estimate of drug-likeness (QED) is 0.419. The Morgan fingerprint density at radius 3 is 2.63 bits per heavy atom. The van der Waals surface area contributed by atoms with Gasteiger partial charge in [0, 0.05) is 30.9 Å². The number of rotatable bonds is 5. The maximum absolute atomic E-state index is 14.5. The fourth-order valence-electron chi connectivity index (χ4n) is 4.21. The lowest BCUT2D eigenvalue weighted by Gasteiger charge is -2.32. The van der Waals surface area contributed by atoms with Crippen LogP contribution in [0.3, 0.4) is 0 Å². The normalized spacial score (nSPS) is 19.8. The molecule has 0 aliphatic heterocycles. The molecule has 0 spiro atoms. The number of ether oxygens (including phenoxy) is 1. The van der Waals surface area contributed by atoms with E-state index in [0.29, 0.717) is 0 Å². The first-order valence-electron chi connectivity index (χ1n) is 10.2. The summed E-state index contributed by atoms with van der Waals surface area (Å²) >= 11 is 12.2. The van der Waals surface area contributed by atoms with E-state index in [1.165, 1.54) is 48.6 Å². The van der Waals surface area contributed by atoms with Crippen LogP contribution in [-0.4, -0.2) is 53.3 Å². The first-order chi connectivity index (χ1) is 16.6. The number of nitrogens with zero attached hydrogens (tertiary/aromatic N) is 7. The largest absolute Gasteiger partial charge is 0.423 e. The molecular formula is C20H15Cl2F3N8O2. The van der Waals surface area contributed by atoms with Crippen molar-refractivity contribution in [2.75, 3.05) is 11.9 Å². The highest BCUT2D eigenvalue weighted by atomic mass is 35.5. The zero-order valence-corrected chi connectivity index (χ0v) is 19.3. The van der Waals surface area contributed by atoms with Crippen molar-refractivity contribution in [3.05, 3.63) is 58.4 Å². The van der Waals surface area contributed by atoms with Crippen LogP contribution in [0, 0.1) is 0 Å². The smallest absolute Gasteiger partial charge is 0.360 e. The van der Waals surface area contributed by atoms with E-state index in [1.54, 1.807) is 0 Å². The number of aromatic nitrogens is 7. The molecule has 1 amide bonds. The van der Waals surface area contributed by atoms with E-state index in [0.717, 1.165) is 4.52 Å². The summed E-state index contributed by atoms with van der Waals surface area (Å²) in [6, 6.07) is 2.72. The van der Waals surface area contributed by atoms with Crippen molar-refractivity contribution in [1.82, 2.24) is 34.6 Å². The van der Waals surface area contributed by atoms with Gasteiger partial charge >= 0.3 is 6.18 Å². The Morgan fingerprint density at radius 2 is 1.97 bits per heavy atom. The Labute approximate surface area is 205 Å². The predicted octanol–water partition coefficient (Wildman–Crippen LogP) is 3.93. The van der Waals surface area contributed by atoms with Crippen molar-refractivity contribution < 1.29 is 22.7 Å². The van der Waals surface area contributed by atoms with E-state index in [1.807, 2.05) is 0 Å². The Hall–Kier alpha value is -3.29. The van der Waals surface area contributed by atoms with E-state index in [2.05, 4.69) is 30.6 Å². The molecule has 182 valence electrons. The summed E-state index contributed by atoms with van der Waals surface area (Å²) in [7, 11) is 0. The van der Waals surface area contributed by atoms with Crippen molar-refractivity contribution in [3.63, 3.8) is 0 Å². The van der Waals surface area contributed by atoms with Gasteiger partial charge in [0.1, 0.15) is 0 Å². The summed E-state index contributed by atoms with van der Waals surface area (Å²) < 4.78 is 49.9. The van der Waals surface area contributed by atoms with E-state index in [4.69, 9.17) is 27.9 Å². The number of nitrogens with one attached hydrogen (secondary N) is 1. The van der Waals surface area contributed by atoms with Gasteiger partial charge in [0.05, 0.1) is 40.9 Å². The summed E-state index contributed by atoms with van der Waals surface area (Å²) in [5.41, 5.74) is -2.82. The molecule has 0 aromatic carbocycles. The Kier molecular flexibility index (Phi) is 5.65. The monoisotopic (exact) mass is 526 g/mol. The van der Waals surface area contributed by atoms with Gasteiger partial charge in [0.25, 0.3) is 0 Å². The molecule has 4 aromatic rings. The maximum Gasteiger partial charge on any atom is 0.423 e. The summed E-state index contributed by atoms with van der Waals surface area (Å²) in [5, 5.41) is 14.5. The molecule has 1 N–H and O–H groups in total. The van der Waals surface area contributed by atoms with Gasteiger partial charge in [0.15, 0.2) is 16.6 Å². The van der Waals surface area contributed by atoms with Gasteiger partial charge in [0.2, 0.25) is 11.5 Å². The number of hydrogen-bond acceptors (Lipinski definition) is 7. The number of anilines is 1. The van der Waals surface area contributed by atoms with E-state index in [9.17, 15) is 18.0 Å². The molecule has 5 rings (SSSR count). The number of fused-ring (bicyclic) bond motifs is 3. The number of hydrogen-bond donors (Lipinski definition) is 1. The fourth-order valence-corrected chi connectivity index (χ4v) is 4.63. The minimum Gasteiger partial charge on any atom is -0.360 e. The lowest BCUT2D eigenvalue weighted by Crippen LogP contribution is -2.45. The van der Waals surface area contributed by atoms with Crippen molar-refractivity contribution >= 4 is 40.4 Å². The minimum absolute atomic E-state index is 0.0250. The Bertz CT molecular complexity index is 1430. The second-order valence-corrected chi connectivity index (χ2v) is 8.45. The van der Waals surface area contributed by atoms with E-state index in [-0.39, 0.29) is 45.2 Å². The number of halogens is 5. The topological polar surface area (TPSA) is 112 Å². The summed E-state index contributed by atoms with van der Waals surface area (Å²) in [6.07, 6.45) is -0.171. The predicted molar refractivity (Wildman–Crippen MR) is 118 cm³/mol. The van der Waals surface area contributed by atoms with Gasteiger partial charge in [-0.05, 0) is 13.0 Å². The molecule has 0 radical (unpaired) electrons. The highest BCUT2D eigenvalue weighted by Crippen LogP contribution is 2.55. The van der Waals surface area contributed by atoms with Crippen molar-refractivity contribution in [2.24, 2.45) is 0 Å². The summed E-state index contributed by atoms with van der Waals surface area (Å²) in [4.78, 5) is 22.7. The van der Waals surface area contributed by atoms with Gasteiger partial charge in [-0.1, -0.05) is 23.2 Å². The van der Waals surface area contributed by atoms with Crippen LogP contribution in [0.2, 0.25) is 10.2 Å². The van der Waals surface area contributed by atoms with Gasteiger partial charge in [-0.3, -0.25) is 4.79 Å². The molecule has 2 atom stereocenters. The van der Waals surface area contributed by atoms with Crippen LogP contribution in [0.5, 0.6) is 0 Å². The summed E-state index contributed by atoms with van der Waals surface area (Å²) in [6.45, 7) is 1.19. The third-order valence-electron chi connectivity index (χ3n) is 5.59. The van der Waals surface area contributed by atoms with Crippen LogP contribution in [-0.2, 0) is 15.1 Å². The number of carbonyl (C=O) groups excluding carboxylic acids is 1. The maximum atomic E-state index is 14.5. The average Bonchev–Trinajstić information content (AvgIpc) is 3.50. The van der Waals surface area contributed by atoms with Crippen LogP contribution in [0.15, 0.2) is 36.9 Å². The van der Waals surface area contributed by atoms with Crippen LogP contribution in [0.25, 0.3) is 11.5 Å². The highest BCUT2D eigenvalue weighted by molar-refractivity contribution is 6.32. The van der Waals surface area contributed by atoms with Gasteiger partial charge in [-0.25, -0.2) is 14.5 Å². The second kappa shape index (κ2) is 8.43. The van der Waals surface area contributed by atoms with Crippen molar-refractivity contribution in [2.45, 2.75) is 31.0 Å². The molecule has 1 aliphatic carbocycles. The van der Waals surface area contributed by atoms with Gasteiger partial charge in [-0.15, -0.1) is 4.80 Å². The van der Waals surface area contributed by atoms with Crippen LogP contribution >= 0.6 is 23.2 Å². The van der Waals surface area contributed by atoms with Crippen LogP contribution in [0.1, 0.15) is 30.5 Å². The molecule has 0 saturated carbocycles. The lowest BCUT2D eigenvalue weighted by atomic mass is 9.96. The third-order valence-corrected chi connectivity index (χ3v) is 6.06. The Balaban J connectivity index is 1.54. The van der Waals surface area contributed by atoms with E-state index >= 15 is 0 Å². The van der Waals surface area contributed by atoms with Gasteiger partial charge < -0.3 is 10.1 Å². The molecule has 0 saturated heterocycles. The number of pyridine rings is 1. The molecule has 0 fully saturated rings. The number of carbonyl (C=O) groups is 1. The van der Waals surface area contributed by atoms with Crippen molar-refractivity contribution in [3.8, 4) is 5.82 Å². The van der Waals surface area contributed by atoms with Crippen LogP contribution < -0.4 is 5.32 Å². The van der Waals surface area contributed by atoms with Crippen LogP contribution in [0.4, 0.5) is 18.9 Å². The molecular weight excluding hydrogens is 512 g/mol. The fraction of sp³-hybridized carbons (Fsp3) is 0.300. The summed E-state index contributed by atoms with van der Waals surface area (Å²) in [5.74, 6) is -1.76. The zero-order chi connectivity index (χ0) is 25.0. The molecule has 15 heteroatoms. The number of alkyl halides is 3. The third kappa shape index (κ3) is 3.79. The number of amides is 1. The lowest BCUT2D eigenvalue weighted by molar-refractivity contribution is -0.285. The molecule has 4 aromatic heterocycles. The minimum atomic E-state index is -4.86. The standard InChI is InChI=1S/C20H15Cl2F3N8O2/c1-2-35-19(20(23,24)25)7-11(12-9-26-15-6-14(22)31-32(15)16(12)19)18(34)30-10-5-13(21)17(27-8-10)33-28-3-4-29-33/h3-6,8-9,11H,2,7H2,1H3,(H,30,34)/t11-,19-/m0/s1. The second-order valence-electron chi connectivity index (χ2n) is 7.65. The van der Waals surface area contributed by atoms with Crippen molar-refractivity contribution in [1.29, 1.82) is 0 Å². The molecule has 35 heavy (non-hydrogen) atoms.